The highest BCUT2D eigenvalue weighted by Gasteiger charge is 1.90. The number of hydrogen-bond acceptors (Lipinski definition) is 2. The van der Waals surface area contributed by atoms with E-state index in [0.717, 1.165) is 0 Å². The monoisotopic (exact) mass is 142 g/mol. The minimum atomic E-state index is -0.382. The van der Waals surface area contributed by atoms with Crippen molar-refractivity contribution in [2.45, 2.75) is 6.92 Å². The Morgan fingerprint density at radius 3 is 2.40 bits per heavy atom. The molecule has 0 bridgehead atoms. The van der Waals surface area contributed by atoms with Gasteiger partial charge in [0, 0.05) is 11.8 Å². The molecule has 2 N–H and O–H groups in total. The van der Waals surface area contributed by atoms with Crippen LogP contribution in [0.25, 0.3) is 0 Å². The van der Waals surface area contributed by atoms with Crippen LogP contribution in [0.4, 0.5) is 4.39 Å². The predicted octanol–water partition coefficient (Wildman–Crippen LogP) is 1.10. The summed E-state index contributed by atoms with van der Waals surface area (Å²) < 4.78 is 12.2. The van der Waals surface area contributed by atoms with Crippen molar-refractivity contribution in [3.05, 3.63) is 29.8 Å². The van der Waals surface area contributed by atoms with E-state index in [9.17, 15) is 4.39 Å². The van der Waals surface area contributed by atoms with Gasteiger partial charge in [0.05, 0.1) is 0 Å². The molecule has 1 rings (SSSR count). The van der Waals surface area contributed by atoms with Crippen molar-refractivity contribution in [2.75, 3.05) is 7.05 Å². The smallest absolute Gasteiger partial charge is 0.215 e. The molecule has 0 fully saturated rings. The van der Waals surface area contributed by atoms with Crippen molar-refractivity contribution in [1.29, 1.82) is 0 Å². The van der Waals surface area contributed by atoms with Crippen molar-refractivity contribution in [3.8, 4) is 0 Å². The fourth-order valence-corrected chi connectivity index (χ4v) is 0.466. The zero-order valence-corrected chi connectivity index (χ0v) is 6.13. The average Bonchev–Trinajstić information content (AvgIpc) is 2.00. The van der Waals surface area contributed by atoms with Crippen LogP contribution < -0.4 is 5.73 Å². The van der Waals surface area contributed by atoms with E-state index in [1.54, 1.807) is 19.1 Å². The topological polar surface area (TPSA) is 38.9 Å². The van der Waals surface area contributed by atoms with Gasteiger partial charge in [0.1, 0.15) is 0 Å². The van der Waals surface area contributed by atoms with E-state index in [1.807, 2.05) is 0 Å². The lowest BCUT2D eigenvalue weighted by Crippen LogP contribution is -1.83. The summed E-state index contributed by atoms with van der Waals surface area (Å²) in [6.45, 7) is 1.68. The Morgan fingerprint density at radius 2 is 2.10 bits per heavy atom. The molecule has 10 heavy (non-hydrogen) atoms. The van der Waals surface area contributed by atoms with E-state index >= 15 is 0 Å². The molecule has 1 aromatic rings. The van der Waals surface area contributed by atoms with Gasteiger partial charge in [0.25, 0.3) is 0 Å². The summed E-state index contributed by atoms with van der Waals surface area (Å²) in [5.74, 6) is -0.382. The lowest BCUT2D eigenvalue weighted by Gasteiger charge is -1.88. The molecule has 0 saturated heterocycles. The molecule has 1 aromatic heterocycles. The number of pyridine rings is 1. The van der Waals surface area contributed by atoms with Crippen molar-refractivity contribution in [3.63, 3.8) is 0 Å². The van der Waals surface area contributed by atoms with Crippen LogP contribution >= 0.6 is 0 Å². The van der Waals surface area contributed by atoms with Crippen molar-refractivity contribution < 1.29 is 4.39 Å². The molecular formula is C7H11FN2. The number of nitrogens with two attached hydrogens (primary N) is 1. The summed E-state index contributed by atoms with van der Waals surface area (Å²) >= 11 is 0. The highest BCUT2D eigenvalue weighted by Crippen LogP contribution is 1.97. The molecule has 1 heterocycles. The number of halogens is 1. The van der Waals surface area contributed by atoms with E-state index in [0.29, 0.717) is 5.56 Å². The zero-order valence-electron chi connectivity index (χ0n) is 6.13. The predicted molar refractivity (Wildman–Crippen MR) is 39.0 cm³/mol. The molecule has 3 heteroatoms. The number of rotatable bonds is 0. The van der Waals surface area contributed by atoms with Crippen LogP contribution in [0.3, 0.4) is 0 Å². The average molecular weight is 142 g/mol. The van der Waals surface area contributed by atoms with Crippen LogP contribution in [-0.2, 0) is 0 Å². The molecule has 0 aromatic carbocycles. The molecule has 0 amide bonds. The molecule has 56 valence electrons. The van der Waals surface area contributed by atoms with Crippen LogP contribution in [-0.4, -0.2) is 12.0 Å². The van der Waals surface area contributed by atoms with Crippen LogP contribution in [0, 0.1) is 12.9 Å². The lowest BCUT2D eigenvalue weighted by atomic mass is 10.3. The first-order chi connectivity index (χ1) is 4.80. The first kappa shape index (κ1) is 9.04. The number of hydrogen-bond donors (Lipinski definition) is 1. The molecule has 2 nitrogen and oxygen atoms in total. The summed E-state index contributed by atoms with van der Waals surface area (Å²) in [5.41, 5.74) is 5.09. The Morgan fingerprint density at radius 1 is 1.50 bits per heavy atom. The third-order valence-electron chi connectivity index (χ3n) is 0.946. The second kappa shape index (κ2) is 4.88. The first-order valence-electron chi connectivity index (χ1n) is 2.95. The molecule has 0 spiro atoms. The largest absolute Gasteiger partial charge is 0.333 e. The molecule has 0 radical (unpaired) electrons. The van der Waals surface area contributed by atoms with Gasteiger partial charge in [-0.3, -0.25) is 0 Å². The van der Waals surface area contributed by atoms with E-state index < -0.39 is 0 Å². The summed E-state index contributed by atoms with van der Waals surface area (Å²) in [6.07, 6.45) is 1.43. The second-order valence-electron chi connectivity index (χ2n) is 1.61. The Hall–Kier alpha value is -0.960. The third kappa shape index (κ3) is 2.55. The van der Waals surface area contributed by atoms with Crippen molar-refractivity contribution >= 4 is 0 Å². The van der Waals surface area contributed by atoms with Crippen molar-refractivity contribution in [2.24, 2.45) is 5.73 Å². The van der Waals surface area contributed by atoms with Crippen LogP contribution in [0.2, 0.25) is 0 Å². The van der Waals surface area contributed by atoms with Gasteiger partial charge in [-0.15, -0.1) is 0 Å². The normalized spacial score (nSPS) is 8.00. The fraction of sp³-hybridized carbons (Fsp3) is 0.286. The highest BCUT2D eigenvalue weighted by molar-refractivity contribution is 5.07. The molecule has 0 atom stereocenters. The fourth-order valence-electron chi connectivity index (χ4n) is 0.466. The first-order valence-corrected chi connectivity index (χ1v) is 2.95. The number of aryl methyl sites for hydroxylation is 1. The van der Waals surface area contributed by atoms with E-state index in [2.05, 4.69) is 10.7 Å². The summed E-state index contributed by atoms with van der Waals surface area (Å²) in [4.78, 5) is 3.41. The number of nitrogens with zero attached hydrogens (tertiary/aromatic N) is 1. The van der Waals surface area contributed by atoms with Gasteiger partial charge in [-0.25, -0.2) is 4.98 Å². The summed E-state index contributed by atoms with van der Waals surface area (Å²) in [6, 6.07) is 3.39. The third-order valence-corrected chi connectivity index (χ3v) is 0.946. The van der Waals surface area contributed by atoms with Crippen molar-refractivity contribution in [1.82, 2.24) is 4.98 Å². The van der Waals surface area contributed by atoms with Crippen LogP contribution in [0.15, 0.2) is 18.3 Å². The Kier molecular flexibility index (Phi) is 4.41. The Bertz CT molecular complexity index is 168. The van der Waals surface area contributed by atoms with Crippen LogP contribution in [0.5, 0.6) is 0 Å². The van der Waals surface area contributed by atoms with Gasteiger partial charge in [-0.2, -0.15) is 4.39 Å². The molecule has 0 aliphatic rings. The van der Waals surface area contributed by atoms with Gasteiger partial charge in [0.2, 0.25) is 5.95 Å². The van der Waals surface area contributed by atoms with Crippen LogP contribution in [0.1, 0.15) is 5.56 Å². The number of aromatic nitrogens is 1. The maximum Gasteiger partial charge on any atom is 0.215 e. The highest BCUT2D eigenvalue weighted by atomic mass is 19.1. The molecular weight excluding hydrogens is 131 g/mol. The zero-order chi connectivity index (χ0) is 7.98. The van der Waals surface area contributed by atoms with Gasteiger partial charge in [-0.05, 0) is 20.0 Å². The molecule has 0 unspecified atom stereocenters. The van der Waals surface area contributed by atoms with Gasteiger partial charge in [-0.1, -0.05) is 6.07 Å². The SMILES string of the molecule is CN.Cc1cccnc1F. The summed E-state index contributed by atoms with van der Waals surface area (Å²) in [7, 11) is 1.50. The summed E-state index contributed by atoms with van der Waals surface area (Å²) in [5, 5.41) is 0. The van der Waals surface area contributed by atoms with Gasteiger partial charge >= 0.3 is 0 Å². The van der Waals surface area contributed by atoms with E-state index in [4.69, 9.17) is 0 Å². The molecule has 0 aliphatic heterocycles. The molecule has 0 saturated carbocycles. The standard InChI is InChI=1S/C6H6FN.CH5N/c1-5-3-2-4-8-6(5)7;1-2/h2-4H,1H3;2H2,1H3. The maximum absolute atomic E-state index is 12.2. The van der Waals surface area contributed by atoms with Gasteiger partial charge in [0.15, 0.2) is 0 Å². The Labute approximate surface area is 59.9 Å². The minimum Gasteiger partial charge on any atom is -0.333 e. The van der Waals surface area contributed by atoms with E-state index in [1.165, 1.54) is 13.2 Å². The molecule has 0 aliphatic carbocycles. The van der Waals surface area contributed by atoms with E-state index in [-0.39, 0.29) is 5.95 Å². The minimum absolute atomic E-state index is 0.382. The Balaban J connectivity index is 0.000000371. The van der Waals surface area contributed by atoms with Gasteiger partial charge < -0.3 is 5.73 Å². The second-order valence-corrected chi connectivity index (χ2v) is 1.61. The quantitative estimate of drug-likeness (QED) is 0.551. The maximum atomic E-state index is 12.2. The lowest BCUT2D eigenvalue weighted by molar-refractivity contribution is 0.574.